The fourth-order valence-corrected chi connectivity index (χ4v) is 4.18. The summed E-state index contributed by atoms with van der Waals surface area (Å²) in [6, 6.07) is 10.5. The Morgan fingerprint density at radius 2 is 1.82 bits per heavy atom. The first-order valence-corrected chi connectivity index (χ1v) is 11.3. The topological polar surface area (TPSA) is 83.1 Å². The number of thiophene rings is 1. The lowest BCUT2D eigenvalue weighted by Gasteiger charge is -2.12. The number of ether oxygens (including phenoxy) is 4. The van der Waals surface area contributed by atoms with Crippen LogP contribution in [0.3, 0.4) is 0 Å². The third-order valence-corrected chi connectivity index (χ3v) is 6.04. The lowest BCUT2D eigenvalue weighted by atomic mass is 10.0. The fourth-order valence-electron chi connectivity index (χ4n) is 3.09. The first kappa shape index (κ1) is 24.4. The average Bonchev–Trinajstić information content (AvgIpc) is 3.23. The van der Waals surface area contributed by atoms with E-state index in [9.17, 15) is 9.59 Å². The van der Waals surface area contributed by atoms with Gasteiger partial charge in [-0.1, -0.05) is 17.7 Å². The second kappa shape index (κ2) is 11.1. The van der Waals surface area contributed by atoms with Crippen molar-refractivity contribution >= 4 is 39.8 Å². The van der Waals surface area contributed by atoms with Crippen molar-refractivity contribution in [3.8, 4) is 28.4 Å². The van der Waals surface area contributed by atoms with Crippen molar-refractivity contribution in [2.75, 3.05) is 32.8 Å². The predicted molar refractivity (Wildman–Crippen MR) is 129 cm³/mol. The number of halogens is 1. The summed E-state index contributed by atoms with van der Waals surface area (Å²) in [4.78, 5) is 25.3. The molecule has 7 nitrogen and oxygen atoms in total. The minimum absolute atomic E-state index is 0.201. The van der Waals surface area contributed by atoms with Gasteiger partial charge in [0, 0.05) is 16.0 Å². The van der Waals surface area contributed by atoms with Gasteiger partial charge in [-0.2, -0.15) is 0 Å². The van der Waals surface area contributed by atoms with Crippen molar-refractivity contribution in [3.63, 3.8) is 0 Å². The van der Waals surface area contributed by atoms with Gasteiger partial charge in [-0.15, -0.1) is 11.3 Å². The molecule has 0 spiro atoms. The van der Waals surface area contributed by atoms with Crippen LogP contribution in [0.5, 0.6) is 17.2 Å². The molecule has 0 aliphatic carbocycles. The molecule has 3 rings (SSSR count). The molecule has 1 heterocycles. The quantitative estimate of drug-likeness (QED) is 0.394. The van der Waals surface area contributed by atoms with Crippen LogP contribution in [0.25, 0.3) is 11.1 Å². The summed E-state index contributed by atoms with van der Waals surface area (Å²) in [6.07, 6.45) is 0. The summed E-state index contributed by atoms with van der Waals surface area (Å²) in [7, 11) is 3.09. The summed E-state index contributed by atoms with van der Waals surface area (Å²) in [5, 5.41) is 5.54. The Bertz CT molecular complexity index is 1160. The van der Waals surface area contributed by atoms with Gasteiger partial charge in [-0.05, 0) is 55.3 Å². The van der Waals surface area contributed by atoms with E-state index in [1.54, 1.807) is 49.7 Å². The summed E-state index contributed by atoms with van der Waals surface area (Å²) in [5.41, 5.74) is 2.45. The van der Waals surface area contributed by atoms with E-state index in [2.05, 4.69) is 5.32 Å². The van der Waals surface area contributed by atoms with Crippen LogP contribution in [0.1, 0.15) is 22.8 Å². The fraction of sp³-hybridized carbons (Fsp3) is 0.250. The number of anilines is 1. The van der Waals surface area contributed by atoms with E-state index in [4.69, 9.17) is 30.5 Å². The molecule has 9 heteroatoms. The van der Waals surface area contributed by atoms with Gasteiger partial charge in [0.25, 0.3) is 5.91 Å². The average molecular weight is 490 g/mol. The second-order valence-electron chi connectivity index (χ2n) is 6.89. The number of carbonyl (C=O) groups is 2. The van der Waals surface area contributed by atoms with E-state index in [1.165, 1.54) is 18.4 Å². The lowest BCUT2D eigenvalue weighted by Crippen LogP contribution is -2.21. The zero-order chi connectivity index (χ0) is 24.0. The minimum Gasteiger partial charge on any atom is -0.493 e. The molecule has 0 saturated heterocycles. The van der Waals surface area contributed by atoms with E-state index in [0.29, 0.717) is 32.8 Å². The highest BCUT2D eigenvalue weighted by atomic mass is 35.5. The zero-order valence-electron chi connectivity index (χ0n) is 18.7. The maximum atomic E-state index is 12.8. The van der Waals surface area contributed by atoms with Gasteiger partial charge in [-0.3, -0.25) is 4.79 Å². The Morgan fingerprint density at radius 3 is 2.48 bits per heavy atom. The maximum Gasteiger partial charge on any atom is 0.341 e. The third-order valence-electron chi connectivity index (χ3n) is 4.72. The van der Waals surface area contributed by atoms with Crippen molar-refractivity contribution in [1.82, 2.24) is 0 Å². The van der Waals surface area contributed by atoms with Crippen molar-refractivity contribution in [2.24, 2.45) is 0 Å². The zero-order valence-corrected chi connectivity index (χ0v) is 20.3. The number of hydrogen-bond donors (Lipinski definition) is 1. The van der Waals surface area contributed by atoms with Crippen LogP contribution in [-0.4, -0.2) is 39.3 Å². The SMILES string of the molecule is CCOC(=O)c1c(-c2ccc(OC)c(OC)c2)csc1NC(=O)COc1ccc(Cl)c(C)c1. The van der Waals surface area contributed by atoms with Crippen molar-refractivity contribution in [2.45, 2.75) is 13.8 Å². The molecule has 3 aromatic rings. The molecule has 33 heavy (non-hydrogen) atoms. The Labute approximate surface area is 201 Å². The van der Waals surface area contributed by atoms with Crippen LogP contribution in [0.4, 0.5) is 5.00 Å². The molecule has 0 fully saturated rings. The molecule has 174 valence electrons. The van der Waals surface area contributed by atoms with Crippen LogP contribution in [0.2, 0.25) is 5.02 Å². The third kappa shape index (κ3) is 5.77. The van der Waals surface area contributed by atoms with Crippen molar-refractivity contribution < 1.29 is 28.5 Å². The predicted octanol–water partition coefficient (Wildman–Crippen LogP) is 5.59. The first-order chi connectivity index (χ1) is 15.9. The van der Waals surface area contributed by atoms with Gasteiger partial charge in [0.15, 0.2) is 18.1 Å². The van der Waals surface area contributed by atoms with E-state index in [0.717, 1.165) is 11.1 Å². The first-order valence-electron chi connectivity index (χ1n) is 10.1. The van der Waals surface area contributed by atoms with Crippen molar-refractivity contribution in [1.29, 1.82) is 0 Å². The standard InChI is InChI=1S/C24H24ClNO6S/c1-5-31-24(28)22-17(15-6-9-19(29-3)20(11-15)30-4)13-33-23(22)26-21(27)12-32-16-7-8-18(25)14(2)10-16/h6-11,13H,5,12H2,1-4H3,(H,26,27). The number of benzene rings is 2. The number of methoxy groups -OCH3 is 2. The molecule has 1 aromatic heterocycles. The lowest BCUT2D eigenvalue weighted by molar-refractivity contribution is -0.118. The largest absolute Gasteiger partial charge is 0.493 e. The van der Waals surface area contributed by atoms with Gasteiger partial charge in [0.1, 0.15) is 16.3 Å². The molecular weight excluding hydrogens is 466 g/mol. The molecule has 1 amide bonds. The number of esters is 1. The van der Waals surface area contributed by atoms with E-state index < -0.39 is 11.9 Å². The molecule has 0 aliphatic heterocycles. The number of amides is 1. The molecule has 0 atom stereocenters. The molecule has 0 saturated carbocycles. The van der Waals surface area contributed by atoms with E-state index >= 15 is 0 Å². The number of rotatable bonds is 9. The maximum absolute atomic E-state index is 12.8. The summed E-state index contributed by atoms with van der Waals surface area (Å²) in [6.45, 7) is 3.54. The number of nitrogens with one attached hydrogen (secondary N) is 1. The number of carbonyl (C=O) groups excluding carboxylic acids is 2. The monoisotopic (exact) mass is 489 g/mol. The highest BCUT2D eigenvalue weighted by Crippen LogP contribution is 2.39. The Hall–Kier alpha value is -3.23. The molecular formula is C24H24ClNO6S. The van der Waals surface area contributed by atoms with Gasteiger partial charge in [0.2, 0.25) is 0 Å². The summed E-state index contributed by atoms with van der Waals surface area (Å²) < 4.78 is 21.5. The molecule has 0 unspecified atom stereocenters. The Morgan fingerprint density at radius 1 is 1.06 bits per heavy atom. The number of hydrogen-bond acceptors (Lipinski definition) is 7. The smallest absolute Gasteiger partial charge is 0.341 e. The van der Waals surface area contributed by atoms with Gasteiger partial charge in [-0.25, -0.2) is 4.79 Å². The van der Waals surface area contributed by atoms with Crippen LogP contribution in [0, 0.1) is 6.92 Å². The van der Waals surface area contributed by atoms with Gasteiger partial charge in [0.05, 0.1) is 20.8 Å². The Balaban J connectivity index is 1.84. The molecule has 0 bridgehead atoms. The van der Waals surface area contributed by atoms with Crippen molar-refractivity contribution in [3.05, 3.63) is 57.9 Å². The van der Waals surface area contributed by atoms with E-state index in [-0.39, 0.29) is 18.8 Å². The van der Waals surface area contributed by atoms with Crippen LogP contribution in [0.15, 0.2) is 41.8 Å². The minimum atomic E-state index is -0.534. The molecule has 2 aromatic carbocycles. The normalized spacial score (nSPS) is 10.5. The molecule has 0 radical (unpaired) electrons. The summed E-state index contributed by atoms with van der Waals surface area (Å²) in [5.74, 6) is 0.669. The van der Waals surface area contributed by atoms with E-state index in [1.807, 2.05) is 13.0 Å². The van der Waals surface area contributed by atoms with Crippen LogP contribution >= 0.6 is 22.9 Å². The molecule has 0 aliphatic rings. The summed E-state index contributed by atoms with van der Waals surface area (Å²) >= 11 is 7.25. The van der Waals surface area contributed by atoms with Gasteiger partial charge < -0.3 is 24.3 Å². The molecule has 1 N–H and O–H groups in total. The van der Waals surface area contributed by atoms with Crippen LogP contribution in [-0.2, 0) is 9.53 Å². The highest BCUT2D eigenvalue weighted by molar-refractivity contribution is 7.15. The Kier molecular flexibility index (Phi) is 8.19. The number of aryl methyl sites for hydroxylation is 1. The second-order valence-corrected chi connectivity index (χ2v) is 8.18. The van der Waals surface area contributed by atoms with Gasteiger partial charge >= 0.3 is 5.97 Å². The highest BCUT2D eigenvalue weighted by Gasteiger charge is 2.23. The van der Waals surface area contributed by atoms with Crippen LogP contribution < -0.4 is 19.5 Å².